The first kappa shape index (κ1) is 17.6. The number of rotatable bonds is 6. The second-order valence-electron chi connectivity index (χ2n) is 5.71. The monoisotopic (exact) mass is 374 g/mol. The van der Waals surface area contributed by atoms with Crippen LogP contribution in [0.25, 0.3) is 5.69 Å². The molecular formula is C16H18N6OS2. The molecule has 2 heterocycles. The Balaban J connectivity index is 1.71. The van der Waals surface area contributed by atoms with Gasteiger partial charge in [0, 0.05) is 11.6 Å². The predicted octanol–water partition coefficient (Wildman–Crippen LogP) is 3.36. The fourth-order valence-corrected chi connectivity index (χ4v) is 3.46. The van der Waals surface area contributed by atoms with Gasteiger partial charge in [0.1, 0.15) is 0 Å². The minimum Gasteiger partial charge on any atom is -0.301 e. The second-order valence-corrected chi connectivity index (χ2v) is 7.91. The molecule has 0 aliphatic rings. The molecule has 9 heteroatoms. The molecule has 130 valence electrons. The van der Waals surface area contributed by atoms with Gasteiger partial charge in [-0.1, -0.05) is 37.7 Å². The number of hydrogen-bond donors (Lipinski definition) is 1. The van der Waals surface area contributed by atoms with Crippen LogP contribution in [0.15, 0.2) is 41.0 Å². The molecular weight excluding hydrogens is 356 g/mol. The molecule has 0 saturated heterocycles. The Morgan fingerprint density at radius 2 is 2.00 bits per heavy atom. The Morgan fingerprint density at radius 1 is 1.24 bits per heavy atom. The minimum atomic E-state index is -0.358. The van der Waals surface area contributed by atoms with Crippen LogP contribution in [0.2, 0.25) is 0 Å². The van der Waals surface area contributed by atoms with Gasteiger partial charge in [0.2, 0.25) is 11.1 Å². The average molecular weight is 374 g/mol. The highest BCUT2D eigenvalue weighted by molar-refractivity contribution is 8.00. The smallest absolute Gasteiger partial charge is 0.239 e. The van der Waals surface area contributed by atoms with Crippen LogP contribution in [0.3, 0.4) is 0 Å². The zero-order chi connectivity index (χ0) is 17.8. The highest BCUT2D eigenvalue weighted by atomic mass is 32.2. The topological polar surface area (TPSA) is 85.6 Å². The van der Waals surface area contributed by atoms with Gasteiger partial charge in [0.05, 0.1) is 10.9 Å². The van der Waals surface area contributed by atoms with E-state index >= 15 is 0 Å². The van der Waals surface area contributed by atoms with E-state index in [1.807, 2.05) is 24.4 Å². The zero-order valence-electron chi connectivity index (χ0n) is 14.1. The first-order valence-corrected chi connectivity index (χ1v) is 9.56. The van der Waals surface area contributed by atoms with Crippen molar-refractivity contribution in [2.24, 2.45) is 0 Å². The van der Waals surface area contributed by atoms with Gasteiger partial charge in [-0.15, -0.1) is 16.4 Å². The average Bonchev–Trinajstić information content (AvgIpc) is 3.26. The fourth-order valence-electron chi connectivity index (χ4n) is 2.12. The van der Waals surface area contributed by atoms with Crippen molar-refractivity contribution in [3.63, 3.8) is 0 Å². The highest BCUT2D eigenvalue weighted by Gasteiger charge is 2.20. The summed E-state index contributed by atoms with van der Waals surface area (Å²) in [7, 11) is 0. The first-order chi connectivity index (χ1) is 12.0. The third-order valence-electron chi connectivity index (χ3n) is 3.56. The molecule has 1 aromatic carbocycles. The van der Waals surface area contributed by atoms with Crippen molar-refractivity contribution < 1.29 is 4.79 Å². The van der Waals surface area contributed by atoms with E-state index in [2.05, 4.69) is 51.8 Å². The molecule has 0 radical (unpaired) electrons. The molecule has 0 saturated carbocycles. The summed E-state index contributed by atoms with van der Waals surface area (Å²) in [5.41, 5.74) is 2.12. The van der Waals surface area contributed by atoms with Gasteiger partial charge in [-0.25, -0.2) is 4.98 Å². The molecule has 2 aromatic heterocycles. The molecule has 25 heavy (non-hydrogen) atoms. The summed E-state index contributed by atoms with van der Waals surface area (Å²) < 4.78 is 1.64. The lowest BCUT2D eigenvalue weighted by Crippen LogP contribution is -2.22. The van der Waals surface area contributed by atoms with Crippen LogP contribution < -0.4 is 5.32 Å². The van der Waals surface area contributed by atoms with Crippen LogP contribution in [-0.4, -0.2) is 36.3 Å². The van der Waals surface area contributed by atoms with Crippen molar-refractivity contribution in [1.82, 2.24) is 25.2 Å². The molecule has 0 fully saturated rings. The quantitative estimate of drug-likeness (QED) is 0.666. The summed E-state index contributed by atoms with van der Waals surface area (Å²) in [5, 5.41) is 17.2. The molecule has 1 amide bonds. The van der Waals surface area contributed by atoms with Gasteiger partial charge in [0.25, 0.3) is 0 Å². The lowest BCUT2D eigenvalue weighted by Gasteiger charge is -2.11. The van der Waals surface area contributed by atoms with E-state index in [4.69, 9.17) is 0 Å². The lowest BCUT2D eigenvalue weighted by molar-refractivity contribution is -0.115. The van der Waals surface area contributed by atoms with Gasteiger partial charge < -0.3 is 5.32 Å². The van der Waals surface area contributed by atoms with E-state index in [9.17, 15) is 4.79 Å². The number of thiazole rings is 1. The maximum absolute atomic E-state index is 12.3. The molecule has 1 N–H and O–H groups in total. The number of hydrogen-bond acceptors (Lipinski definition) is 7. The number of carbonyl (C=O) groups excluding carboxylic acids is 1. The first-order valence-electron chi connectivity index (χ1n) is 7.80. The SMILES string of the molecule is CC(C)c1ccc(-n2nnnc2S[C@@H](C)C(=O)Nc2nccs2)cc1. The van der Waals surface area contributed by atoms with E-state index in [-0.39, 0.29) is 11.2 Å². The molecule has 7 nitrogen and oxygen atoms in total. The van der Waals surface area contributed by atoms with E-state index < -0.39 is 0 Å². The molecule has 0 aliphatic carbocycles. The van der Waals surface area contributed by atoms with Crippen LogP contribution in [0.4, 0.5) is 5.13 Å². The summed E-state index contributed by atoms with van der Waals surface area (Å²) in [4.78, 5) is 16.3. The Morgan fingerprint density at radius 3 is 2.64 bits per heavy atom. The number of nitrogens with zero attached hydrogens (tertiary/aromatic N) is 5. The number of carbonyl (C=O) groups is 1. The number of anilines is 1. The van der Waals surface area contributed by atoms with Crippen LogP contribution in [0, 0.1) is 0 Å². The number of benzene rings is 1. The Hall–Kier alpha value is -2.26. The van der Waals surface area contributed by atoms with E-state index in [1.54, 1.807) is 10.9 Å². The summed E-state index contributed by atoms with van der Waals surface area (Å²) in [6.07, 6.45) is 1.65. The molecule has 0 aliphatic heterocycles. The van der Waals surface area contributed by atoms with Gasteiger partial charge in [-0.2, -0.15) is 4.68 Å². The third-order valence-corrected chi connectivity index (χ3v) is 5.28. The number of aromatic nitrogens is 5. The van der Waals surface area contributed by atoms with E-state index in [0.717, 1.165) is 5.69 Å². The summed E-state index contributed by atoms with van der Waals surface area (Å²) in [6, 6.07) is 8.09. The van der Waals surface area contributed by atoms with E-state index in [0.29, 0.717) is 16.2 Å². The standard InChI is InChI=1S/C16H18N6OS2/c1-10(2)12-4-6-13(7-5-12)22-16(19-20-21-22)25-11(3)14(23)18-15-17-8-9-24-15/h4-11H,1-3H3,(H,17,18,23)/t11-/m0/s1. The second kappa shape index (κ2) is 7.75. The molecule has 1 atom stereocenters. The largest absolute Gasteiger partial charge is 0.301 e. The Kier molecular flexibility index (Phi) is 5.44. The van der Waals surface area contributed by atoms with Crippen molar-refractivity contribution in [2.45, 2.75) is 37.1 Å². The van der Waals surface area contributed by atoms with Gasteiger partial charge in [0.15, 0.2) is 5.13 Å². The van der Waals surface area contributed by atoms with E-state index in [1.165, 1.54) is 28.7 Å². The van der Waals surface area contributed by atoms with Crippen LogP contribution in [0.5, 0.6) is 0 Å². The molecule has 3 rings (SSSR count). The summed E-state index contributed by atoms with van der Waals surface area (Å²) >= 11 is 2.69. The highest BCUT2D eigenvalue weighted by Crippen LogP contribution is 2.25. The maximum Gasteiger partial charge on any atom is 0.239 e. The maximum atomic E-state index is 12.3. The number of amides is 1. The summed E-state index contributed by atoms with van der Waals surface area (Å²) in [6.45, 7) is 6.11. The van der Waals surface area contributed by atoms with Gasteiger partial charge in [-0.05, 0) is 41.0 Å². The molecule has 0 unspecified atom stereocenters. The lowest BCUT2D eigenvalue weighted by atomic mass is 10.0. The van der Waals surface area contributed by atoms with Gasteiger partial charge >= 0.3 is 0 Å². The predicted molar refractivity (Wildman–Crippen MR) is 99.3 cm³/mol. The van der Waals surface area contributed by atoms with Crippen LogP contribution in [0.1, 0.15) is 32.3 Å². The Labute approximate surface area is 153 Å². The van der Waals surface area contributed by atoms with Crippen LogP contribution in [-0.2, 0) is 4.79 Å². The van der Waals surface area contributed by atoms with Crippen molar-refractivity contribution in [3.05, 3.63) is 41.4 Å². The molecule has 3 aromatic rings. The van der Waals surface area contributed by atoms with Crippen molar-refractivity contribution in [3.8, 4) is 5.69 Å². The van der Waals surface area contributed by atoms with Crippen molar-refractivity contribution in [2.75, 3.05) is 5.32 Å². The molecule has 0 bridgehead atoms. The number of nitrogens with one attached hydrogen (secondary N) is 1. The fraction of sp³-hybridized carbons (Fsp3) is 0.312. The van der Waals surface area contributed by atoms with Gasteiger partial charge in [-0.3, -0.25) is 4.79 Å². The van der Waals surface area contributed by atoms with Crippen molar-refractivity contribution in [1.29, 1.82) is 0 Å². The van der Waals surface area contributed by atoms with Crippen LogP contribution >= 0.6 is 23.1 Å². The Bertz CT molecular complexity index is 829. The number of thioether (sulfide) groups is 1. The summed E-state index contributed by atoms with van der Waals surface area (Å²) in [5.74, 6) is 0.330. The number of tetrazole rings is 1. The van der Waals surface area contributed by atoms with Crippen molar-refractivity contribution >= 4 is 34.1 Å². The minimum absolute atomic E-state index is 0.135. The molecule has 0 spiro atoms. The zero-order valence-corrected chi connectivity index (χ0v) is 15.7. The third kappa shape index (κ3) is 4.23. The normalized spacial score (nSPS) is 12.3.